The van der Waals surface area contributed by atoms with Crippen LogP contribution in [0.4, 0.5) is 0 Å². The highest BCUT2D eigenvalue weighted by molar-refractivity contribution is 7.41. The van der Waals surface area contributed by atoms with Gasteiger partial charge >= 0.3 is 8.60 Å². The molecule has 3 aromatic rings. The molecule has 380 valence electrons. The van der Waals surface area contributed by atoms with E-state index >= 15 is 0 Å². The largest absolute Gasteiger partial charge is 0.491 e. The van der Waals surface area contributed by atoms with Gasteiger partial charge in [0.25, 0.3) is 0 Å². The molecule has 3 rings (SSSR count). The van der Waals surface area contributed by atoms with Crippen molar-refractivity contribution in [2.24, 2.45) is 0 Å². The van der Waals surface area contributed by atoms with Gasteiger partial charge in [-0.05, 0) is 76.4 Å². The number of hydrogen-bond donors (Lipinski definition) is 0. The molecular formula is C57H93O9P. The molecule has 0 radical (unpaired) electrons. The van der Waals surface area contributed by atoms with Gasteiger partial charge in [-0.15, -0.1) is 0 Å². The third-order valence-electron chi connectivity index (χ3n) is 12.0. The van der Waals surface area contributed by atoms with Crippen LogP contribution >= 0.6 is 8.60 Å². The minimum atomic E-state index is -2.11. The Hall–Kier alpha value is -2.75. The standard InChI is InChI=1S/C57H93O9P/c1-7-10-13-16-19-22-34-43-55(4,61-49-46-58-52-37-28-25-29-38-52)64-67(65-56(5,44-35-23-20-17-14-11-8-2)62-50-47-59-53-39-30-26-31-40-53)66-57(6,45-36-24-21-18-15-12-9-3)63-51-48-60-54-41-32-27-33-42-54/h25-33,37-42H,7-24,34-36,43-51H2,1-6H3. The Labute approximate surface area is 410 Å². The number of ether oxygens (including phenoxy) is 6. The van der Waals surface area contributed by atoms with Crippen molar-refractivity contribution in [2.45, 2.75) is 213 Å². The molecule has 0 saturated carbocycles. The van der Waals surface area contributed by atoms with Crippen LogP contribution in [0.25, 0.3) is 0 Å². The lowest BCUT2D eigenvalue weighted by Crippen LogP contribution is -2.39. The van der Waals surface area contributed by atoms with Crippen LogP contribution in [0.2, 0.25) is 0 Å². The first kappa shape index (κ1) is 58.6. The zero-order valence-corrected chi connectivity index (χ0v) is 43.9. The lowest BCUT2D eigenvalue weighted by Gasteiger charge is -2.40. The summed E-state index contributed by atoms with van der Waals surface area (Å²) in [5.41, 5.74) is 0. The van der Waals surface area contributed by atoms with E-state index in [0.29, 0.717) is 58.9 Å². The highest BCUT2D eigenvalue weighted by Crippen LogP contribution is 2.53. The highest BCUT2D eigenvalue weighted by atomic mass is 31.2. The zero-order valence-electron chi connectivity index (χ0n) is 43.0. The van der Waals surface area contributed by atoms with Gasteiger partial charge in [-0.1, -0.05) is 191 Å². The maximum Gasteiger partial charge on any atom is 0.340 e. The average molecular weight is 953 g/mol. The molecule has 0 aliphatic heterocycles. The first-order valence-electron chi connectivity index (χ1n) is 26.5. The maximum atomic E-state index is 7.14. The van der Waals surface area contributed by atoms with Crippen LogP contribution in [0.1, 0.15) is 196 Å². The van der Waals surface area contributed by atoms with Gasteiger partial charge in [0.2, 0.25) is 0 Å². The van der Waals surface area contributed by atoms with E-state index in [1.54, 1.807) is 0 Å². The number of rotatable bonds is 45. The van der Waals surface area contributed by atoms with E-state index in [4.69, 9.17) is 42.0 Å². The molecule has 67 heavy (non-hydrogen) atoms. The van der Waals surface area contributed by atoms with E-state index in [1.165, 1.54) is 96.3 Å². The predicted molar refractivity (Wildman–Crippen MR) is 277 cm³/mol. The summed E-state index contributed by atoms with van der Waals surface area (Å²) in [4.78, 5) is 0. The molecule has 0 spiro atoms. The molecule has 0 saturated heterocycles. The summed E-state index contributed by atoms with van der Waals surface area (Å²) < 4.78 is 59.9. The monoisotopic (exact) mass is 953 g/mol. The van der Waals surface area contributed by atoms with Crippen molar-refractivity contribution in [1.82, 2.24) is 0 Å². The van der Waals surface area contributed by atoms with Crippen LogP contribution in [0, 0.1) is 0 Å². The third kappa shape index (κ3) is 29.1. The molecule has 9 nitrogen and oxygen atoms in total. The number of benzene rings is 3. The number of unbranched alkanes of at least 4 members (excludes halogenated alkanes) is 18. The second kappa shape index (κ2) is 37.1. The molecule has 3 atom stereocenters. The summed E-state index contributed by atoms with van der Waals surface area (Å²) in [5, 5.41) is 0. The first-order chi connectivity index (χ1) is 32.7. The lowest BCUT2D eigenvalue weighted by molar-refractivity contribution is -0.239. The Morgan fingerprint density at radius 2 is 0.552 bits per heavy atom. The van der Waals surface area contributed by atoms with Crippen LogP contribution in [-0.4, -0.2) is 57.0 Å². The minimum absolute atomic E-state index is 0.330. The fourth-order valence-corrected chi connectivity index (χ4v) is 9.46. The fraction of sp³-hybridized carbons (Fsp3) is 0.684. The summed E-state index contributed by atoms with van der Waals surface area (Å²) in [5.74, 6) is -0.705. The van der Waals surface area contributed by atoms with Crippen LogP contribution in [0.3, 0.4) is 0 Å². The van der Waals surface area contributed by atoms with E-state index in [2.05, 4.69) is 20.8 Å². The molecule has 0 heterocycles. The van der Waals surface area contributed by atoms with Gasteiger partial charge in [-0.3, -0.25) is 13.6 Å². The Balaban J connectivity index is 1.91. The zero-order chi connectivity index (χ0) is 48.0. The molecule has 0 amide bonds. The van der Waals surface area contributed by atoms with E-state index in [9.17, 15) is 0 Å². The van der Waals surface area contributed by atoms with Crippen LogP contribution in [0.15, 0.2) is 91.0 Å². The highest BCUT2D eigenvalue weighted by Gasteiger charge is 2.42. The summed E-state index contributed by atoms with van der Waals surface area (Å²) in [7, 11) is -2.11. The fourth-order valence-electron chi connectivity index (χ4n) is 7.97. The van der Waals surface area contributed by atoms with Crippen LogP contribution < -0.4 is 14.2 Å². The van der Waals surface area contributed by atoms with Crippen molar-refractivity contribution in [2.75, 3.05) is 39.6 Å². The Morgan fingerprint density at radius 3 is 0.806 bits per heavy atom. The van der Waals surface area contributed by atoms with E-state index in [1.807, 2.05) is 112 Å². The predicted octanol–water partition coefficient (Wildman–Crippen LogP) is 17.1. The molecule has 3 aromatic carbocycles. The molecule has 10 heteroatoms. The second-order valence-corrected chi connectivity index (χ2v) is 19.5. The summed E-state index contributed by atoms with van der Waals surface area (Å²) in [6.07, 6.45) is 26.7. The van der Waals surface area contributed by atoms with Gasteiger partial charge in [0.05, 0.1) is 19.8 Å². The van der Waals surface area contributed by atoms with Crippen molar-refractivity contribution >= 4 is 8.60 Å². The second-order valence-electron chi connectivity index (χ2n) is 18.5. The van der Waals surface area contributed by atoms with E-state index in [0.717, 1.165) is 55.8 Å². The van der Waals surface area contributed by atoms with Crippen LogP contribution in [-0.2, 0) is 27.8 Å². The molecule has 0 fully saturated rings. The van der Waals surface area contributed by atoms with E-state index < -0.39 is 26.0 Å². The number of hydrogen-bond acceptors (Lipinski definition) is 9. The Bertz CT molecular complexity index is 1370. The molecule has 0 aromatic heterocycles. The van der Waals surface area contributed by atoms with Crippen molar-refractivity contribution in [3.63, 3.8) is 0 Å². The van der Waals surface area contributed by atoms with Gasteiger partial charge in [-0.2, -0.15) is 0 Å². The topological polar surface area (TPSA) is 83.1 Å². The van der Waals surface area contributed by atoms with E-state index in [-0.39, 0.29) is 0 Å². The van der Waals surface area contributed by atoms with Crippen molar-refractivity contribution in [1.29, 1.82) is 0 Å². The molecule has 0 bridgehead atoms. The summed E-state index contributed by atoms with van der Waals surface area (Å²) in [6, 6.07) is 29.6. The van der Waals surface area contributed by atoms with Crippen molar-refractivity contribution in [3.05, 3.63) is 91.0 Å². The van der Waals surface area contributed by atoms with Crippen molar-refractivity contribution in [3.8, 4) is 17.2 Å². The normalized spacial score (nSPS) is 14.8. The van der Waals surface area contributed by atoms with Gasteiger partial charge < -0.3 is 28.4 Å². The first-order valence-corrected chi connectivity index (χ1v) is 27.6. The van der Waals surface area contributed by atoms with Gasteiger partial charge in [0.1, 0.15) is 37.1 Å². The number of para-hydroxylation sites is 3. The molecule has 0 aliphatic rings. The van der Waals surface area contributed by atoms with Crippen LogP contribution in [0.5, 0.6) is 17.2 Å². The Morgan fingerprint density at radius 1 is 0.313 bits per heavy atom. The smallest absolute Gasteiger partial charge is 0.340 e. The van der Waals surface area contributed by atoms with Gasteiger partial charge in [-0.25, -0.2) is 0 Å². The molecule has 0 aliphatic carbocycles. The minimum Gasteiger partial charge on any atom is -0.491 e. The third-order valence-corrected chi connectivity index (χ3v) is 13.6. The van der Waals surface area contributed by atoms with Gasteiger partial charge in [0.15, 0.2) is 17.4 Å². The molecular weight excluding hydrogens is 860 g/mol. The molecule has 0 N–H and O–H groups in total. The average Bonchev–Trinajstić information content (AvgIpc) is 3.33. The summed E-state index contributed by atoms with van der Waals surface area (Å²) >= 11 is 0. The maximum absolute atomic E-state index is 7.14. The van der Waals surface area contributed by atoms with Crippen molar-refractivity contribution < 1.29 is 42.0 Å². The lowest BCUT2D eigenvalue weighted by atomic mass is 10.1. The van der Waals surface area contributed by atoms with Gasteiger partial charge in [0, 0.05) is 19.3 Å². The Kier molecular flexibility index (Phi) is 32.5. The summed E-state index contributed by atoms with van der Waals surface area (Å²) in [6.45, 7) is 15.0. The SMILES string of the molecule is CCCCCCCCCC(C)(OCCOc1ccccc1)OP(OC(C)(CCCCCCCCC)OCCOc1ccccc1)OC(C)(CCCCCCCCC)OCCOc1ccccc1. The quantitative estimate of drug-likeness (QED) is 0.0312. The molecule has 3 unspecified atom stereocenters.